The number of rotatable bonds is 4. The second kappa shape index (κ2) is 8.49. The molecule has 0 aliphatic carbocycles. The van der Waals surface area contributed by atoms with Crippen LogP contribution in [0.5, 0.6) is 11.6 Å². The minimum atomic E-state index is -0.266. The molecule has 162 valence electrons. The van der Waals surface area contributed by atoms with Gasteiger partial charge in [-0.3, -0.25) is 0 Å². The normalized spacial score (nSPS) is 16.0. The average Bonchev–Trinajstić information content (AvgIpc) is 3.04. The van der Waals surface area contributed by atoms with Crippen molar-refractivity contribution in [1.29, 1.82) is 0 Å². The van der Waals surface area contributed by atoms with Gasteiger partial charge in [-0.05, 0) is 63.2 Å². The van der Waals surface area contributed by atoms with Crippen LogP contribution in [0.3, 0.4) is 0 Å². The molecule has 1 aliphatic heterocycles. The quantitative estimate of drug-likeness (QED) is 0.403. The van der Waals surface area contributed by atoms with Gasteiger partial charge in [-0.25, -0.2) is 4.98 Å². The van der Waals surface area contributed by atoms with E-state index in [1.165, 1.54) is 5.56 Å². The highest BCUT2D eigenvalue weighted by atomic mass is 79.9. The Morgan fingerprint density at radius 2 is 1.87 bits per heavy atom. The van der Waals surface area contributed by atoms with Gasteiger partial charge in [0.1, 0.15) is 16.9 Å². The summed E-state index contributed by atoms with van der Waals surface area (Å²) in [5.74, 6) is 1.80. The number of benzene rings is 2. The van der Waals surface area contributed by atoms with Gasteiger partial charge in [0.15, 0.2) is 0 Å². The Bertz CT molecular complexity index is 1110. The van der Waals surface area contributed by atoms with Crippen LogP contribution >= 0.6 is 27.7 Å². The fraction of sp³-hybridized carbons (Fsp3) is 0.320. The smallest absolute Gasteiger partial charge is 0.243 e. The number of aromatic nitrogens is 1. The molecule has 6 heteroatoms. The SMILES string of the molecule is CC(C)c1cc(Br)c2c(c1)SC(N)N2c1cccnc1Oc1ccccc1C(C)(C)C. The number of fused-ring (bicyclic) bond motifs is 1. The molecule has 0 spiro atoms. The van der Waals surface area contributed by atoms with Gasteiger partial charge in [-0.15, -0.1) is 0 Å². The maximum atomic E-state index is 6.60. The lowest BCUT2D eigenvalue weighted by atomic mass is 9.86. The first kappa shape index (κ1) is 22.2. The monoisotopic (exact) mass is 497 g/mol. The molecule has 2 heterocycles. The summed E-state index contributed by atoms with van der Waals surface area (Å²) in [6, 6.07) is 16.5. The van der Waals surface area contributed by atoms with Gasteiger partial charge in [0.25, 0.3) is 0 Å². The summed E-state index contributed by atoms with van der Waals surface area (Å²) < 4.78 is 7.44. The van der Waals surface area contributed by atoms with Crippen molar-refractivity contribution in [3.05, 3.63) is 70.3 Å². The fourth-order valence-electron chi connectivity index (χ4n) is 3.74. The Balaban J connectivity index is 1.78. The summed E-state index contributed by atoms with van der Waals surface area (Å²) in [4.78, 5) is 7.85. The maximum absolute atomic E-state index is 6.60. The number of hydrogen-bond donors (Lipinski definition) is 1. The second-order valence-electron chi connectivity index (χ2n) is 9.06. The molecule has 4 nitrogen and oxygen atoms in total. The zero-order chi connectivity index (χ0) is 22.3. The van der Waals surface area contributed by atoms with E-state index < -0.39 is 0 Å². The standard InChI is InChI=1S/C25H28BrN3OS/c1-15(2)16-13-18(26)22-21(14-16)31-24(27)29(22)19-10-8-12-28-23(19)30-20-11-7-6-9-17(20)25(3,4)5/h6-15,24H,27H2,1-5H3. The molecule has 1 aromatic heterocycles. The number of thioether (sulfide) groups is 1. The number of nitrogens with two attached hydrogens (primary N) is 1. The summed E-state index contributed by atoms with van der Waals surface area (Å²) in [7, 11) is 0. The van der Waals surface area contributed by atoms with Crippen molar-refractivity contribution in [2.24, 2.45) is 5.73 Å². The first-order valence-electron chi connectivity index (χ1n) is 10.4. The molecule has 2 aromatic carbocycles. The molecule has 0 fully saturated rings. The molecule has 0 saturated carbocycles. The zero-order valence-electron chi connectivity index (χ0n) is 18.5. The summed E-state index contributed by atoms with van der Waals surface area (Å²) in [5, 5.41) is 0. The number of ether oxygens (including phenoxy) is 1. The zero-order valence-corrected chi connectivity index (χ0v) is 20.9. The predicted octanol–water partition coefficient (Wildman–Crippen LogP) is 7.54. The number of nitrogens with zero attached hydrogens (tertiary/aromatic N) is 2. The number of halogens is 1. The van der Waals surface area contributed by atoms with E-state index in [4.69, 9.17) is 10.5 Å². The Morgan fingerprint density at radius 3 is 2.58 bits per heavy atom. The van der Waals surface area contributed by atoms with Gasteiger partial charge < -0.3 is 15.4 Å². The van der Waals surface area contributed by atoms with Crippen LogP contribution in [0, 0.1) is 0 Å². The summed E-state index contributed by atoms with van der Waals surface area (Å²) >= 11 is 5.44. The first-order valence-corrected chi connectivity index (χ1v) is 12.1. The van der Waals surface area contributed by atoms with Crippen molar-refractivity contribution in [2.75, 3.05) is 4.90 Å². The third kappa shape index (κ3) is 4.34. The molecular weight excluding hydrogens is 470 g/mol. The molecule has 1 unspecified atom stereocenters. The van der Waals surface area contributed by atoms with Crippen molar-refractivity contribution in [2.45, 2.75) is 56.3 Å². The van der Waals surface area contributed by atoms with Gasteiger partial charge >= 0.3 is 0 Å². The topological polar surface area (TPSA) is 51.4 Å². The molecule has 1 aliphatic rings. The third-order valence-electron chi connectivity index (χ3n) is 5.37. The van der Waals surface area contributed by atoms with Gasteiger partial charge in [0.2, 0.25) is 5.88 Å². The van der Waals surface area contributed by atoms with Crippen molar-refractivity contribution in [1.82, 2.24) is 4.98 Å². The van der Waals surface area contributed by atoms with Crippen LogP contribution in [0.2, 0.25) is 0 Å². The maximum Gasteiger partial charge on any atom is 0.243 e. The van der Waals surface area contributed by atoms with E-state index in [1.54, 1.807) is 18.0 Å². The second-order valence-corrected chi connectivity index (χ2v) is 11.1. The number of hydrogen-bond acceptors (Lipinski definition) is 5. The van der Waals surface area contributed by atoms with Crippen LogP contribution in [-0.2, 0) is 5.41 Å². The lowest BCUT2D eigenvalue weighted by molar-refractivity contribution is 0.440. The number of pyridine rings is 1. The molecule has 31 heavy (non-hydrogen) atoms. The van der Waals surface area contributed by atoms with Crippen LogP contribution in [0.1, 0.15) is 51.7 Å². The van der Waals surface area contributed by atoms with E-state index in [9.17, 15) is 0 Å². The highest BCUT2D eigenvalue weighted by Crippen LogP contribution is 2.52. The molecule has 1 atom stereocenters. The Kier molecular flexibility index (Phi) is 6.08. The van der Waals surface area contributed by atoms with E-state index in [-0.39, 0.29) is 10.9 Å². The number of anilines is 2. The molecular formula is C25H28BrN3OS. The van der Waals surface area contributed by atoms with Crippen LogP contribution in [0.4, 0.5) is 11.4 Å². The van der Waals surface area contributed by atoms with E-state index in [2.05, 4.69) is 78.6 Å². The molecule has 3 aromatic rings. The Hall–Kier alpha value is -2.02. The molecule has 2 N–H and O–H groups in total. The summed E-state index contributed by atoms with van der Waals surface area (Å²) in [5.41, 5.74) is 10.6. The van der Waals surface area contributed by atoms with Crippen molar-refractivity contribution < 1.29 is 4.74 Å². The van der Waals surface area contributed by atoms with Crippen LogP contribution in [0.25, 0.3) is 0 Å². The largest absolute Gasteiger partial charge is 0.437 e. The van der Waals surface area contributed by atoms with E-state index >= 15 is 0 Å². The highest BCUT2D eigenvalue weighted by Gasteiger charge is 2.34. The predicted molar refractivity (Wildman–Crippen MR) is 134 cm³/mol. The van der Waals surface area contributed by atoms with E-state index in [0.717, 1.165) is 32.1 Å². The first-order chi connectivity index (χ1) is 14.7. The van der Waals surface area contributed by atoms with Gasteiger partial charge in [-0.2, -0.15) is 0 Å². The van der Waals surface area contributed by atoms with Crippen molar-refractivity contribution in [3.63, 3.8) is 0 Å². The van der Waals surface area contributed by atoms with Gasteiger partial charge in [0.05, 0.1) is 5.69 Å². The fourth-order valence-corrected chi connectivity index (χ4v) is 5.65. The molecule has 0 radical (unpaired) electrons. The highest BCUT2D eigenvalue weighted by molar-refractivity contribution is 9.10. The molecule has 0 saturated heterocycles. The van der Waals surface area contributed by atoms with Crippen molar-refractivity contribution >= 4 is 39.1 Å². The molecule has 0 amide bonds. The minimum Gasteiger partial charge on any atom is -0.437 e. The van der Waals surface area contributed by atoms with Crippen LogP contribution in [-0.4, -0.2) is 10.5 Å². The third-order valence-corrected chi connectivity index (χ3v) is 6.99. The molecule has 4 rings (SSSR count). The van der Waals surface area contributed by atoms with E-state index in [0.29, 0.717) is 11.8 Å². The lowest BCUT2D eigenvalue weighted by Gasteiger charge is -2.27. The van der Waals surface area contributed by atoms with Crippen LogP contribution < -0.4 is 15.4 Å². The van der Waals surface area contributed by atoms with Crippen LogP contribution in [0.15, 0.2) is 64.1 Å². The van der Waals surface area contributed by atoms with Gasteiger partial charge in [0, 0.05) is 21.1 Å². The average molecular weight is 498 g/mol. The van der Waals surface area contributed by atoms with Crippen molar-refractivity contribution in [3.8, 4) is 11.6 Å². The summed E-state index contributed by atoms with van der Waals surface area (Å²) in [6.45, 7) is 10.9. The van der Waals surface area contributed by atoms with Gasteiger partial charge in [-0.1, -0.05) is 64.6 Å². The minimum absolute atomic E-state index is 0.0473. The Labute approximate surface area is 197 Å². The molecule has 0 bridgehead atoms. The van der Waals surface area contributed by atoms with E-state index in [1.807, 2.05) is 30.3 Å². The lowest BCUT2D eigenvalue weighted by Crippen LogP contribution is -2.32. The Morgan fingerprint density at radius 1 is 1.13 bits per heavy atom. The summed E-state index contributed by atoms with van der Waals surface area (Å²) in [6.07, 6.45) is 1.76. The number of para-hydroxylation sites is 1.